The van der Waals surface area contributed by atoms with Crippen LogP contribution in [0.2, 0.25) is 0 Å². The van der Waals surface area contributed by atoms with Gasteiger partial charge in [0.25, 0.3) is 0 Å². The minimum atomic E-state index is -0.700. The fourth-order valence-electron chi connectivity index (χ4n) is 2.64. The largest absolute Gasteiger partial charge is 0.329 e. The van der Waals surface area contributed by atoms with Crippen molar-refractivity contribution in [2.24, 2.45) is 7.05 Å². The first-order valence-corrected chi connectivity index (χ1v) is 5.86. The Morgan fingerprint density at radius 2 is 2.17 bits per heavy atom. The summed E-state index contributed by atoms with van der Waals surface area (Å²) in [7, 11) is 1.50. The van der Waals surface area contributed by atoms with Crippen LogP contribution in [0.4, 0.5) is 8.78 Å². The molecule has 4 nitrogen and oxygen atoms in total. The molecule has 2 aromatic rings. The van der Waals surface area contributed by atoms with Gasteiger partial charge in [0.2, 0.25) is 0 Å². The number of nitrogens with zero attached hydrogens (tertiary/aromatic N) is 2. The number of imidazole rings is 1. The van der Waals surface area contributed by atoms with Gasteiger partial charge in [0.1, 0.15) is 11.3 Å². The van der Waals surface area contributed by atoms with E-state index in [4.69, 9.17) is 0 Å². The lowest BCUT2D eigenvalue weighted by molar-refractivity contribution is 0.534. The van der Waals surface area contributed by atoms with Crippen molar-refractivity contribution in [3.05, 3.63) is 34.3 Å². The van der Waals surface area contributed by atoms with Gasteiger partial charge in [-0.25, -0.2) is 13.6 Å². The number of rotatable bonds is 1. The molecule has 1 fully saturated rings. The molecule has 0 radical (unpaired) electrons. The van der Waals surface area contributed by atoms with E-state index in [1.165, 1.54) is 22.2 Å². The lowest BCUT2D eigenvalue weighted by Gasteiger charge is -2.10. The van der Waals surface area contributed by atoms with E-state index in [1.54, 1.807) is 0 Å². The van der Waals surface area contributed by atoms with Gasteiger partial charge in [-0.3, -0.25) is 9.13 Å². The van der Waals surface area contributed by atoms with Crippen molar-refractivity contribution < 1.29 is 8.78 Å². The first-order valence-electron chi connectivity index (χ1n) is 5.86. The van der Waals surface area contributed by atoms with Crippen LogP contribution in [0.1, 0.15) is 12.5 Å². The summed E-state index contributed by atoms with van der Waals surface area (Å²) < 4.78 is 29.8. The van der Waals surface area contributed by atoms with Crippen molar-refractivity contribution in [1.82, 2.24) is 14.5 Å². The van der Waals surface area contributed by atoms with Crippen molar-refractivity contribution in [2.45, 2.75) is 12.5 Å². The summed E-state index contributed by atoms with van der Waals surface area (Å²) in [6.45, 7) is 1.46. The molecule has 1 N–H and O–H groups in total. The zero-order chi connectivity index (χ0) is 12.9. The summed E-state index contributed by atoms with van der Waals surface area (Å²) in [4.78, 5) is 12.1. The van der Waals surface area contributed by atoms with Crippen LogP contribution >= 0.6 is 0 Å². The average molecular weight is 253 g/mol. The molecule has 96 valence electrons. The lowest BCUT2D eigenvalue weighted by atomic mass is 10.2. The SMILES string of the molecule is Cn1c(=O)n(C2CCNC2)c2cc(F)cc(F)c21. The molecular weight excluding hydrogens is 240 g/mol. The second kappa shape index (κ2) is 3.91. The Labute approximate surface area is 102 Å². The predicted molar refractivity (Wildman–Crippen MR) is 63.6 cm³/mol. The third kappa shape index (κ3) is 1.49. The summed E-state index contributed by atoms with van der Waals surface area (Å²) in [6, 6.07) is 1.99. The third-order valence-corrected chi connectivity index (χ3v) is 3.50. The maximum Gasteiger partial charge on any atom is 0.329 e. The predicted octanol–water partition coefficient (Wildman–Crippen LogP) is 1.15. The highest BCUT2D eigenvalue weighted by molar-refractivity contribution is 5.77. The fourth-order valence-corrected chi connectivity index (χ4v) is 2.64. The molecule has 18 heavy (non-hydrogen) atoms. The minimum absolute atomic E-state index is 0.0394. The van der Waals surface area contributed by atoms with Crippen LogP contribution in [0, 0.1) is 11.6 Å². The van der Waals surface area contributed by atoms with Crippen molar-refractivity contribution in [3.8, 4) is 0 Å². The van der Waals surface area contributed by atoms with Crippen molar-refractivity contribution in [1.29, 1.82) is 0 Å². The second-order valence-electron chi connectivity index (χ2n) is 4.61. The third-order valence-electron chi connectivity index (χ3n) is 3.50. The van der Waals surface area contributed by atoms with Gasteiger partial charge in [0.05, 0.1) is 11.6 Å². The van der Waals surface area contributed by atoms with E-state index in [9.17, 15) is 13.6 Å². The molecule has 1 atom stereocenters. The van der Waals surface area contributed by atoms with Crippen LogP contribution in [0.3, 0.4) is 0 Å². The number of hydrogen-bond acceptors (Lipinski definition) is 2. The van der Waals surface area contributed by atoms with Crippen LogP contribution in [0.25, 0.3) is 11.0 Å². The quantitative estimate of drug-likeness (QED) is 0.828. The van der Waals surface area contributed by atoms with Gasteiger partial charge in [-0.15, -0.1) is 0 Å². The van der Waals surface area contributed by atoms with E-state index in [-0.39, 0.29) is 17.2 Å². The van der Waals surface area contributed by atoms with E-state index < -0.39 is 11.6 Å². The first kappa shape index (κ1) is 11.4. The standard InChI is InChI=1S/C12H13F2N3O/c1-16-11-9(14)4-7(13)5-10(11)17(12(16)18)8-2-3-15-6-8/h4-5,8,15H,2-3,6H2,1H3. The second-order valence-corrected chi connectivity index (χ2v) is 4.61. The Hall–Kier alpha value is -1.69. The topological polar surface area (TPSA) is 39.0 Å². The lowest BCUT2D eigenvalue weighted by Crippen LogP contribution is -2.27. The Morgan fingerprint density at radius 3 is 2.83 bits per heavy atom. The molecule has 6 heteroatoms. The highest BCUT2D eigenvalue weighted by Gasteiger charge is 2.24. The van der Waals surface area contributed by atoms with Crippen LogP contribution in [0.5, 0.6) is 0 Å². The number of fused-ring (bicyclic) bond motifs is 1. The summed E-state index contributed by atoms with van der Waals surface area (Å²) in [5.74, 6) is -1.36. The molecule has 3 rings (SSSR count). The van der Waals surface area contributed by atoms with E-state index in [2.05, 4.69) is 5.32 Å². The molecule has 0 amide bonds. The molecule has 1 unspecified atom stereocenters. The van der Waals surface area contributed by atoms with Gasteiger partial charge in [0, 0.05) is 25.7 Å². The highest BCUT2D eigenvalue weighted by atomic mass is 19.1. The van der Waals surface area contributed by atoms with E-state index in [0.29, 0.717) is 12.1 Å². The maximum atomic E-state index is 13.8. The zero-order valence-electron chi connectivity index (χ0n) is 9.91. The fraction of sp³-hybridized carbons (Fsp3) is 0.417. The van der Waals surface area contributed by atoms with Crippen LogP contribution in [-0.4, -0.2) is 22.2 Å². The molecule has 1 aliphatic heterocycles. The van der Waals surface area contributed by atoms with Crippen LogP contribution in [-0.2, 0) is 7.05 Å². The summed E-state index contributed by atoms with van der Waals surface area (Å²) in [5, 5.41) is 3.14. The Morgan fingerprint density at radius 1 is 1.39 bits per heavy atom. The molecule has 0 saturated carbocycles. The number of halogens is 2. The van der Waals surface area contributed by atoms with Gasteiger partial charge in [0.15, 0.2) is 5.82 Å². The normalized spacial score (nSPS) is 19.8. The molecule has 1 saturated heterocycles. The number of benzene rings is 1. The van der Waals surface area contributed by atoms with Crippen molar-refractivity contribution >= 4 is 11.0 Å². The molecule has 0 spiro atoms. The summed E-state index contributed by atoms with van der Waals surface area (Å²) >= 11 is 0. The maximum absolute atomic E-state index is 13.8. The van der Waals surface area contributed by atoms with E-state index in [0.717, 1.165) is 19.0 Å². The first-order chi connectivity index (χ1) is 8.59. The van der Waals surface area contributed by atoms with Gasteiger partial charge >= 0.3 is 5.69 Å². The molecule has 1 aromatic heterocycles. The van der Waals surface area contributed by atoms with Crippen molar-refractivity contribution in [2.75, 3.05) is 13.1 Å². The molecule has 0 bridgehead atoms. The summed E-state index contributed by atoms with van der Waals surface area (Å²) in [5.41, 5.74) is 0.185. The van der Waals surface area contributed by atoms with Gasteiger partial charge in [-0.05, 0) is 13.0 Å². The summed E-state index contributed by atoms with van der Waals surface area (Å²) in [6.07, 6.45) is 0.789. The zero-order valence-corrected chi connectivity index (χ0v) is 9.91. The molecule has 1 aromatic carbocycles. The molecule has 0 aliphatic carbocycles. The van der Waals surface area contributed by atoms with Crippen molar-refractivity contribution in [3.63, 3.8) is 0 Å². The Bertz CT molecular complexity index is 668. The molecular formula is C12H13F2N3O. The average Bonchev–Trinajstić information content (AvgIpc) is 2.88. The van der Waals surface area contributed by atoms with Crippen LogP contribution in [0.15, 0.2) is 16.9 Å². The Balaban J connectivity index is 2.37. The number of aryl methyl sites for hydroxylation is 1. The number of hydrogen-bond donors (Lipinski definition) is 1. The smallest absolute Gasteiger partial charge is 0.315 e. The van der Waals surface area contributed by atoms with Gasteiger partial charge < -0.3 is 5.32 Å². The molecule has 2 heterocycles. The van der Waals surface area contributed by atoms with Gasteiger partial charge in [-0.2, -0.15) is 0 Å². The Kier molecular flexibility index (Phi) is 2.48. The van der Waals surface area contributed by atoms with Crippen LogP contribution < -0.4 is 11.0 Å². The number of aromatic nitrogens is 2. The molecule has 1 aliphatic rings. The van der Waals surface area contributed by atoms with Gasteiger partial charge in [-0.1, -0.05) is 0 Å². The number of nitrogens with one attached hydrogen (secondary N) is 1. The monoisotopic (exact) mass is 253 g/mol. The van der Waals surface area contributed by atoms with E-state index in [1.807, 2.05) is 0 Å². The minimum Gasteiger partial charge on any atom is -0.315 e. The van der Waals surface area contributed by atoms with E-state index >= 15 is 0 Å². The highest BCUT2D eigenvalue weighted by Crippen LogP contribution is 2.23.